The van der Waals surface area contributed by atoms with Crippen molar-refractivity contribution in [1.82, 2.24) is 14.5 Å². The Hall–Kier alpha value is -4.18. The second kappa shape index (κ2) is 6.28. The summed E-state index contributed by atoms with van der Waals surface area (Å²) in [5, 5.41) is 9.88. The van der Waals surface area contributed by atoms with Gasteiger partial charge in [0.15, 0.2) is 5.65 Å². The highest BCUT2D eigenvalue weighted by Crippen LogP contribution is 2.34. The second-order valence-electron chi connectivity index (χ2n) is 5.97. The van der Waals surface area contributed by atoms with Crippen LogP contribution in [0.1, 0.15) is 15.9 Å². The third-order valence-corrected chi connectivity index (χ3v) is 4.35. The van der Waals surface area contributed by atoms with Crippen LogP contribution in [0.3, 0.4) is 0 Å². The fourth-order valence-electron chi connectivity index (χ4n) is 3.04. The fraction of sp³-hybridized carbons (Fsp3) is 0. The average Bonchev–Trinajstić information content (AvgIpc) is 3.09. The molecule has 4 aromatic rings. The SMILES string of the molecule is N#Cc1cccc(-n2cc(-c3ccc(C(N)=O)cc3)c3c(N)ncnc32)c1. The number of nitrogens with zero attached hydrogens (tertiary/aromatic N) is 4. The number of amides is 1. The maximum absolute atomic E-state index is 11.3. The molecule has 7 heteroatoms. The number of benzene rings is 2. The monoisotopic (exact) mass is 354 g/mol. The first-order chi connectivity index (χ1) is 13.1. The maximum atomic E-state index is 11.3. The first-order valence-corrected chi connectivity index (χ1v) is 8.11. The number of primary amides is 1. The minimum atomic E-state index is -0.486. The molecule has 0 unspecified atom stereocenters. The van der Waals surface area contributed by atoms with Crippen molar-refractivity contribution < 1.29 is 4.79 Å². The van der Waals surface area contributed by atoms with E-state index in [4.69, 9.17) is 11.5 Å². The summed E-state index contributed by atoms with van der Waals surface area (Å²) in [4.78, 5) is 19.8. The van der Waals surface area contributed by atoms with Crippen molar-refractivity contribution in [2.45, 2.75) is 0 Å². The van der Waals surface area contributed by atoms with Crippen LogP contribution in [0.5, 0.6) is 0 Å². The van der Waals surface area contributed by atoms with Crippen LogP contribution in [-0.2, 0) is 0 Å². The van der Waals surface area contributed by atoms with E-state index in [0.29, 0.717) is 28.0 Å². The molecule has 2 aromatic carbocycles. The number of carbonyl (C=O) groups is 1. The first-order valence-electron chi connectivity index (χ1n) is 8.11. The fourth-order valence-corrected chi connectivity index (χ4v) is 3.04. The Morgan fingerprint density at radius 2 is 1.89 bits per heavy atom. The molecule has 2 heterocycles. The number of aromatic nitrogens is 3. The molecular formula is C20H14N6O. The molecule has 0 aliphatic carbocycles. The van der Waals surface area contributed by atoms with Crippen molar-refractivity contribution in [1.29, 1.82) is 5.26 Å². The lowest BCUT2D eigenvalue weighted by Crippen LogP contribution is -2.10. The smallest absolute Gasteiger partial charge is 0.248 e. The maximum Gasteiger partial charge on any atom is 0.248 e. The highest BCUT2D eigenvalue weighted by Gasteiger charge is 2.16. The largest absolute Gasteiger partial charge is 0.383 e. The van der Waals surface area contributed by atoms with Gasteiger partial charge in [-0.1, -0.05) is 18.2 Å². The van der Waals surface area contributed by atoms with Gasteiger partial charge in [0.1, 0.15) is 12.1 Å². The van der Waals surface area contributed by atoms with E-state index in [9.17, 15) is 10.1 Å². The molecule has 0 atom stereocenters. The summed E-state index contributed by atoms with van der Waals surface area (Å²) in [5.74, 6) is -0.135. The van der Waals surface area contributed by atoms with E-state index < -0.39 is 5.91 Å². The predicted octanol–water partition coefficient (Wildman–Crippen LogP) is 2.64. The number of hydrogen-bond acceptors (Lipinski definition) is 5. The summed E-state index contributed by atoms with van der Waals surface area (Å²) in [6.07, 6.45) is 3.30. The molecule has 27 heavy (non-hydrogen) atoms. The van der Waals surface area contributed by atoms with Gasteiger partial charge >= 0.3 is 0 Å². The summed E-state index contributed by atoms with van der Waals surface area (Å²) >= 11 is 0. The molecule has 7 nitrogen and oxygen atoms in total. The number of nitriles is 1. The number of anilines is 1. The number of nitrogens with two attached hydrogens (primary N) is 2. The average molecular weight is 354 g/mol. The Bertz CT molecular complexity index is 1220. The van der Waals surface area contributed by atoms with E-state index in [2.05, 4.69) is 16.0 Å². The summed E-state index contributed by atoms with van der Waals surface area (Å²) in [7, 11) is 0. The van der Waals surface area contributed by atoms with Crippen molar-refractivity contribution in [3.05, 3.63) is 72.2 Å². The van der Waals surface area contributed by atoms with Crippen LogP contribution in [-0.4, -0.2) is 20.4 Å². The molecule has 0 fully saturated rings. The van der Waals surface area contributed by atoms with Gasteiger partial charge in [0.25, 0.3) is 0 Å². The number of hydrogen-bond donors (Lipinski definition) is 2. The standard InChI is InChI=1S/C20H14N6O/c21-9-12-2-1-3-15(8-12)26-10-16(17-18(22)24-11-25-20(17)26)13-4-6-14(7-5-13)19(23)27/h1-8,10-11H,(H2,23,27)(H2,22,24,25). The number of nitrogen functional groups attached to an aromatic ring is 1. The van der Waals surface area contributed by atoms with Gasteiger partial charge in [0.2, 0.25) is 5.91 Å². The van der Waals surface area contributed by atoms with E-state index in [0.717, 1.165) is 16.8 Å². The van der Waals surface area contributed by atoms with E-state index in [1.807, 2.05) is 22.9 Å². The Labute approximate surface area is 154 Å². The van der Waals surface area contributed by atoms with E-state index in [1.165, 1.54) is 6.33 Å². The van der Waals surface area contributed by atoms with Gasteiger partial charge in [-0.3, -0.25) is 4.79 Å². The van der Waals surface area contributed by atoms with Gasteiger partial charge in [0, 0.05) is 23.0 Å². The van der Waals surface area contributed by atoms with Gasteiger partial charge in [-0.05, 0) is 35.9 Å². The molecule has 0 bridgehead atoms. The summed E-state index contributed by atoms with van der Waals surface area (Å²) in [5.41, 5.74) is 15.5. The van der Waals surface area contributed by atoms with E-state index in [-0.39, 0.29) is 0 Å². The minimum absolute atomic E-state index is 0.351. The van der Waals surface area contributed by atoms with Gasteiger partial charge in [0.05, 0.1) is 17.0 Å². The lowest BCUT2D eigenvalue weighted by atomic mass is 10.0. The second-order valence-corrected chi connectivity index (χ2v) is 5.97. The van der Waals surface area contributed by atoms with Crippen molar-refractivity contribution in [3.8, 4) is 22.9 Å². The summed E-state index contributed by atoms with van der Waals surface area (Å²) in [6.45, 7) is 0. The van der Waals surface area contributed by atoms with Crippen LogP contribution in [0.15, 0.2) is 61.1 Å². The number of carbonyl (C=O) groups excluding carboxylic acids is 1. The van der Waals surface area contributed by atoms with E-state index in [1.54, 1.807) is 36.4 Å². The molecule has 0 spiro atoms. The zero-order valence-electron chi connectivity index (χ0n) is 14.1. The normalized spacial score (nSPS) is 10.6. The molecule has 0 radical (unpaired) electrons. The van der Waals surface area contributed by atoms with Crippen molar-refractivity contribution in [2.75, 3.05) is 5.73 Å². The van der Waals surface area contributed by atoms with Crippen molar-refractivity contribution >= 4 is 22.8 Å². The van der Waals surface area contributed by atoms with Crippen LogP contribution < -0.4 is 11.5 Å². The predicted molar refractivity (Wildman–Crippen MR) is 102 cm³/mol. The molecule has 0 aliphatic heterocycles. The quantitative estimate of drug-likeness (QED) is 0.585. The molecule has 130 valence electrons. The Morgan fingerprint density at radius 3 is 2.59 bits per heavy atom. The van der Waals surface area contributed by atoms with Gasteiger partial charge in [-0.25, -0.2) is 9.97 Å². The van der Waals surface area contributed by atoms with Gasteiger partial charge in [-0.2, -0.15) is 5.26 Å². The zero-order valence-corrected chi connectivity index (χ0v) is 14.1. The van der Waals surface area contributed by atoms with Gasteiger partial charge in [-0.15, -0.1) is 0 Å². The Kier molecular flexibility index (Phi) is 3.79. The van der Waals surface area contributed by atoms with Crippen LogP contribution >= 0.6 is 0 Å². The minimum Gasteiger partial charge on any atom is -0.383 e. The Morgan fingerprint density at radius 1 is 1.11 bits per heavy atom. The first kappa shape index (κ1) is 16.3. The van der Waals surface area contributed by atoms with Gasteiger partial charge < -0.3 is 16.0 Å². The molecule has 1 amide bonds. The summed E-state index contributed by atoms with van der Waals surface area (Å²) in [6, 6.07) is 16.3. The highest BCUT2D eigenvalue weighted by atomic mass is 16.1. The van der Waals surface area contributed by atoms with E-state index >= 15 is 0 Å². The molecule has 4 N–H and O–H groups in total. The molecule has 2 aromatic heterocycles. The molecule has 4 rings (SSSR count). The lowest BCUT2D eigenvalue weighted by molar-refractivity contribution is 0.100. The Balaban J connectivity index is 1.97. The number of fused-ring (bicyclic) bond motifs is 1. The highest BCUT2D eigenvalue weighted by molar-refractivity contribution is 6.02. The third kappa shape index (κ3) is 2.75. The van der Waals surface area contributed by atoms with Crippen LogP contribution in [0.4, 0.5) is 5.82 Å². The zero-order chi connectivity index (χ0) is 19.0. The molecule has 0 saturated carbocycles. The number of rotatable bonds is 3. The van der Waals surface area contributed by atoms with Crippen molar-refractivity contribution in [2.24, 2.45) is 5.73 Å². The molecule has 0 saturated heterocycles. The van der Waals surface area contributed by atoms with Crippen LogP contribution in [0.2, 0.25) is 0 Å². The third-order valence-electron chi connectivity index (χ3n) is 4.35. The van der Waals surface area contributed by atoms with Crippen molar-refractivity contribution in [3.63, 3.8) is 0 Å². The summed E-state index contributed by atoms with van der Waals surface area (Å²) < 4.78 is 1.87. The molecular weight excluding hydrogens is 340 g/mol. The van der Waals surface area contributed by atoms with Crippen LogP contribution in [0, 0.1) is 11.3 Å². The topological polar surface area (TPSA) is 124 Å². The molecule has 0 aliphatic rings. The lowest BCUT2D eigenvalue weighted by Gasteiger charge is -2.04. The van der Waals surface area contributed by atoms with Crippen LogP contribution in [0.25, 0.3) is 27.8 Å².